The number of aliphatic carboxylic acids is 2. The predicted octanol–water partition coefficient (Wildman–Crippen LogP) is -3.35. The van der Waals surface area contributed by atoms with Gasteiger partial charge >= 0.3 is 11.9 Å². The van der Waals surface area contributed by atoms with Crippen molar-refractivity contribution in [2.45, 2.75) is 216 Å². The Bertz CT molecular complexity index is 5080. The van der Waals surface area contributed by atoms with Crippen molar-refractivity contribution >= 4 is 153 Å². The molecule has 47 nitrogen and oxygen atoms in total. The van der Waals surface area contributed by atoms with Crippen molar-refractivity contribution in [2.24, 2.45) is 17.4 Å². The number of alkyl halides is 1. The van der Waals surface area contributed by atoms with Crippen LogP contribution in [0, 0.1) is 5.92 Å². The summed E-state index contributed by atoms with van der Waals surface area (Å²) in [4.78, 5) is 274. The second-order valence-corrected chi connectivity index (χ2v) is 35.6. The van der Waals surface area contributed by atoms with Crippen molar-refractivity contribution in [1.82, 2.24) is 95.4 Å². The molecule has 0 aliphatic heterocycles. The van der Waals surface area contributed by atoms with Crippen LogP contribution in [-0.2, 0) is 131 Å². The number of aromatic amines is 1. The second kappa shape index (κ2) is 65.9. The van der Waals surface area contributed by atoms with Crippen molar-refractivity contribution < 1.29 is 131 Å². The number of thioether (sulfide) groups is 1. The number of phenolic OH excluding ortho intramolecular Hbond substituents is 2. The van der Waals surface area contributed by atoms with E-state index in [4.69, 9.17) is 32.5 Å². The molecule has 5 aromatic rings. The zero-order chi connectivity index (χ0) is 106. The van der Waals surface area contributed by atoms with Gasteiger partial charge in [-0.2, -0.15) is 11.8 Å². The lowest BCUT2D eigenvalue weighted by Gasteiger charge is -2.27. The average Bonchev–Trinajstić information content (AvgIpc) is 1.68. The maximum absolute atomic E-state index is 15.1. The van der Waals surface area contributed by atoms with Crippen molar-refractivity contribution in [2.75, 3.05) is 90.2 Å². The molecule has 12 atom stereocenters. The number of benzene rings is 4. The van der Waals surface area contributed by atoms with E-state index >= 15 is 9.59 Å². The molecule has 790 valence electrons. The average molecular weight is 2060 g/mol. The van der Waals surface area contributed by atoms with E-state index in [-0.39, 0.29) is 101 Å². The third-order valence-electron chi connectivity index (χ3n) is 21.9. The minimum absolute atomic E-state index is 0.00678. The van der Waals surface area contributed by atoms with E-state index in [1.807, 2.05) is 0 Å². The Morgan fingerprint density at radius 2 is 0.833 bits per heavy atom. The van der Waals surface area contributed by atoms with Crippen LogP contribution in [0.3, 0.4) is 0 Å². The number of hydrogen-bond donors (Lipinski definition) is 25. The standard InChI is InChI=1S/C95H135ClN20O27S/c1-55(2)43-69(92(138)112-70(86(132)102-50-76(98)120)45-59-22-26-62(118)27-23-59)111-85(131)57(4)106-89(135)66(21-13-15-36-97)110-91(137)68(34-42-144-5)109-84(130)56(3)105-80(124)53-104-87(133)71(46-60-24-28-63(119)29-25-60)113-94(140)73(47-61-49-100-65-20-12-11-19-64(61)65)115-93(139)72(44-58-17-9-8-10-18-58)114-95(141)75(54-117)108-81(125)52-101-79(123)51-103-88(134)74(48-83(128)129)116-90(136)67(30-33-82(126)127)107-78(122)32-31-77(121)99-37-39-143-41-40-142-38-16-7-6-14-35-96/h8-12,17-20,22-29,49,55-57,66-75,100,117-119H,6-7,13-16,21,30-48,50-54,97H2,1-5H3,(H2,98,120)(H,99,121)(H,101,123)(H,102,132)(H,103,134)(H,104,133)(H,105,124)(H,106,135)(H,107,122)(H,108,125)(H,109,130)(H,110,137)(H,111,131)(H,112,138)(H,113,140)(H,114,141)(H,115,139)(H,116,136)(H,126,127)(H,128,129)/t56-,57-,66-,67-,68-,69-,70-,71-,72-,73-,74-,75-/m0/s1. The van der Waals surface area contributed by atoms with Crippen molar-refractivity contribution in [1.29, 1.82) is 0 Å². The SMILES string of the molecule is CSCC[C@H](NC(=O)[C@H](C)NC(=O)CNC(=O)[C@H](Cc1ccc(O)cc1)NC(=O)[C@H](Cc1c[nH]c2ccccc12)NC(=O)[C@H](Cc1ccccc1)NC(=O)[C@H](CO)NC(=O)CNC(=O)CNC(=O)[C@H](CC(=O)O)NC(=O)[C@H](CCC(=O)O)NC(=O)CCC(=O)NCCOCCOCCCCCCCl)C(=O)N[C@@H](CCCCN)C(=O)N[C@@H](C)C(=O)N[C@@H](CC(C)C)C(=O)N[C@@H](Cc1ccc(O)cc1)C(=O)NCC(N)=O. The van der Waals surface area contributed by atoms with Gasteiger partial charge in [0.25, 0.3) is 0 Å². The van der Waals surface area contributed by atoms with Gasteiger partial charge in [0.05, 0.1) is 59.0 Å². The van der Waals surface area contributed by atoms with Crippen molar-refractivity contribution in [3.05, 3.63) is 132 Å². The summed E-state index contributed by atoms with van der Waals surface area (Å²) in [5.41, 5.74) is 13.5. The van der Waals surface area contributed by atoms with Gasteiger partial charge in [-0.05, 0) is 142 Å². The van der Waals surface area contributed by atoms with E-state index in [1.165, 1.54) is 74.1 Å². The molecule has 0 fully saturated rings. The number of H-pyrrole nitrogens is 1. The molecular formula is C95H135ClN20O27S. The molecule has 5 rings (SSSR count). The molecule has 144 heavy (non-hydrogen) atoms. The zero-order valence-corrected chi connectivity index (χ0v) is 82.5. The summed E-state index contributed by atoms with van der Waals surface area (Å²) < 4.78 is 10.9. The third-order valence-corrected chi connectivity index (χ3v) is 22.8. The van der Waals surface area contributed by atoms with Gasteiger partial charge < -0.3 is 142 Å². The van der Waals surface area contributed by atoms with Crippen LogP contribution in [0.4, 0.5) is 0 Å². The number of aromatic nitrogens is 1. The molecule has 0 spiro atoms. The molecule has 0 saturated heterocycles. The highest BCUT2D eigenvalue weighted by Crippen LogP contribution is 2.22. The fourth-order valence-corrected chi connectivity index (χ4v) is 14.8. The van der Waals surface area contributed by atoms with Gasteiger partial charge in [-0.15, -0.1) is 11.6 Å². The number of aliphatic hydroxyl groups excluding tert-OH is 1. The summed E-state index contributed by atoms with van der Waals surface area (Å²) >= 11 is 7.00. The molecule has 1 heterocycles. The van der Waals surface area contributed by atoms with Crippen LogP contribution in [0.25, 0.3) is 10.9 Å². The van der Waals surface area contributed by atoms with E-state index in [0.29, 0.717) is 65.1 Å². The topological polar surface area (TPSA) is 733 Å². The minimum Gasteiger partial charge on any atom is -0.508 e. The maximum Gasteiger partial charge on any atom is 0.305 e. The van der Waals surface area contributed by atoms with Crippen LogP contribution >= 0.6 is 23.4 Å². The van der Waals surface area contributed by atoms with Crippen LogP contribution in [-0.4, -0.2) is 311 Å². The largest absolute Gasteiger partial charge is 0.508 e. The number of ether oxygens (including phenoxy) is 2. The number of amides is 18. The Morgan fingerprint density at radius 3 is 1.40 bits per heavy atom. The van der Waals surface area contributed by atoms with E-state index in [9.17, 15) is 112 Å². The number of carboxylic acids is 2. The fourth-order valence-electron chi connectivity index (χ4n) is 14.2. The van der Waals surface area contributed by atoms with Crippen LogP contribution in [0.5, 0.6) is 11.5 Å². The molecule has 0 aliphatic rings. The number of nitrogens with one attached hydrogen (secondary N) is 18. The lowest BCUT2D eigenvalue weighted by molar-refractivity contribution is -0.141. The van der Waals surface area contributed by atoms with Crippen LogP contribution in [0.2, 0.25) is 0 Å². The van der Waals surface area contributed by atoms with E-state index in [2.05, 4.69) is 95.4 Å². The lowest BCUT2D eigenvalue weighted by atomic mass is 10.0. The maximum atomic E-state index is 15.1. The Morgan fingerprint density at radius 1 is 0.389 bits per heavy atom. The normalized spacial score (nSPS) is 13.5. The number of rotatable bonds is 70. The molecular weight excluding hydrogens is 1920 g/mol. The third kappa shape index (κ3) is 47.2. The number of hydrogen-bond acceptors (Lipinski definition) is 27. The zero-order valence-electron chi connectivity index (χ0n) is 81.0. The van der Waals surface area contributed by atoms with Gasteiger partial charge in [0.2, 0.25) is 106 Å². The number of aromatic hydroxyl groups is 2. The highest BCUT2D eigenvalue weighted by atomic mass is 35.5. The van der Waals surface area contributed by atoms with Crippen LogP contribution in [0.1, 0.15) is 140 Å². The van der Waals surface area contributed by atoms with Gasteiger partial charge in [0, 0.05) is 81.1 Å². The number of carboxylic acid groups (broad SMARTS) is 2. The first-order chi connectivity index (χ1) is 68.7. The number of halogens is 1. The number of primary amides is 1. The molecule has 49 heteroatoms. The van der Waals surface area contributed by atoms with Gasteiger partial charge in [0.1, 0.15) is 84.0 Å². The summed E-state index contributed by atoms with van der Waals surface area (Å²) in [6.07, 6.45) is 3.61. The molecule has 1 aromatic heterocycles. The fraction of sp³-hybridized carbons (Fsp3) is 0.516. The van der Waals surface area contributed by atoms with Gasteiger partial charge in [-0.1, -0.05) is 99.5 Å². The van der Waals surface area contributed by atoms with Crippen LogP contribution in [0.15, 0.2) is 109 Å². The molecule has 4 aromatic carbocycles. The molecule has 18 amide bonds. The van der Waals surface area contributed by atoms with Gasteiger partial charge in [-0.3, -0.25) is 95.9 Å². The molecule has 0 unspecified atom stereocenters. The minimum atomic E-state index is -1.95. The van der Waals surface area contributed by atoms with Crippen LogP contribution < -0.4 is 102 Å². The molecule has 0 bridgehead atoms. The molecule has 0 radical (unpaired) electrons. The van der Waals surface area contributed by atoms with E-state index in [0.717, 1.165) is 25.7 Å². The lowest BCUT2D eigenvalue weighted by Crippen LogP contribution is -2.60. The number of para-hydroxylation sites is 1. The number of carbonyl (C=O) groups is 20. The Hall–Kier alpha value is -14.1. The highest BCUT2D eigenvalue weighted by Gasteiger charge is 2.38. The number of carbonyl (C=O) groups excluding carboxylic acids is 18. The monoisotopic (exact) mass is 2050 g/mol. The smallest absolute Gasteiger partial charge is 0.305 e. The van der Waals surface area contributed by atoms with E-state index in [1.54, 1.807) is 80.9 Å². The quantitative estimate of drug-likeness (QED) is 0.0134. The summed E-state index contributed by atoms with van der Waals surface area (Å²) in [7, 11) is 0. The van der Waals surface area contributed by atoms with Crippen molar-refractivity contribution in [3.8, 4) is 11.5 Å². The second-order valence-electron chi connectivity index (χ2n) is 34.2. The molecule has 0 aliphatic carbocycles. The summed E-state index contributed by atoms with van der Waals surface area (Å²) in [6.45, 7) is 3.33. The van der Waals surface area contributed by atoms with Crippen molar-refractivity contribution in [3.63, 3.8) is 0 Å². The summed E-state index contributed by atoms with van der Waals surface area (Å²) in [5.74, 6) is -19.7. The predicted molar refractivity (Wildman–Crippen MR) is 526 cm³/mol. The number of phenols is 2. The Balaban J connectivity index is 1.24. The van der Waals surface area contributed by atoms with Gasteiger partial charge in [-0.25, -0.2) is 0 Å². The highest BCUT2D eigenvalue weighted by molar-refractivity contribution is 7.98. The summed E-state index contributed by atoms with van der Waals surface area (Å²) in [6, 6.07) is 7.90. The number of nitrogens with two attached hydrogens (primary N) is 2. The van der Waals surface area contributed by atoms with E-state index < -0.39 is 249 Å². The Kier molecular flexibility index (Phi) is 55.1. The first kappa shape index (κ1) is 120. The first-order valence-corrected chi connectivity index (χ1v) is 49.0. The summed E-state index contributed by atoms with van der Waals surface area (Å²) in [5, 5.41) is 92.1. The molecule has 27 N–H and O–H groups in total. The number of fused-ring (bicyclic) bond motifs is 1. The first-order valence-electron chi connectivity index (χ1n) is 47.1. The number of aliphatic hydroxyl groups is 1. The molecule has 0 saturated carbocycles. The Labute approximate surface area is 841 Å². The number of unbranched alkanes of at least 4 members (excludes halogenated alkanes) is 4. The van der Waals surface area contributed by atoms with Gasteiger partial charge in [0.15, 0.2) is 0 Å².